The first-order valence-electron chi connectivity index (χ1n) is 8.28. The molecule has 1 aromatic rings. The first-order valence-corrected chi connectivity index (χ1v) is 8.28. The summed E-state index contributed by atoms with van der Waals surface area (Å²) in [4.78, 5) is 24.7. The highest BCUT2D eigenvalue weighted by Crippen LogP contribution is 2.04. The smallest absolute Gasteiger partial charge is 0.271 e. The van der Waals surface area contributed by atoms with Crippen LogP contribution in [0.3, 0.4) is 0 Å². The van der Waals surface area contributed by atoms with Crippen LogP contribution < -0.4 is 5.32 Å². The Morgan fingerprint density at radius 3 is 2.59 bits per heavy atom. The lowest BCUT2D eigenvalue weighted by atomic mass is 10.2. The Labute approximate surface area is 132 Å². The molecule has 1 aliphatic rings. The largest absolute Gasteiger partial charge is 0.351 e. The van der Waals surface area contributed by atoms with E-state index in [1.807, 2.05) is 0 Å². The van der Waals surface area contributed by atoms with Gasteiger partial charge in [0, 0.05) is 45.1 Å². The molecule has 0 spiro atoms. The van der Waals surface area contributed by atoms with Gasteiger partial charge in [-0.1, -0.05) is 13.3 Å². The third kappa shape index (κ3) is 5.69. The van der Waals surface area contributed by atoms with Gasteiger partial charge in [-0.15, -0.1) is 0 Å². The topological polar surface area (TPSA) is 61.4 Å². The molecule has 2 rings (SSSR count). The van der Waals surface area contributed by atoms with Gasteiger partial charge in [0.1, 0.15) is 5.69 Å². The molecule has 0 aliphatic carbocycles. The van der Waals surface area contributed by atoms with E-state index in [2.05, 4.69) is 32.0 Å². The zero-order chi connectivity index (χ0) is 15.6. The number of likely N-dealkylation sites (N-methyl/N-ethyl adjacent to an activating group) is 1. The standard InChI is InChI=1S/C16H27N5O/c1-2-20-10-12-21(13-11-20)9-5-3-4-6-19-16(22)15-14-17-7-8-18-15/h7-8,14H,2-6,9-13H2,1H3,(H,19,22). The molecule has 1 aliphatic heterocycles. The first kappa shape index (κ1) is 16.8. The van der Waals surface area contributed by atoms with Crippen molar-refractivity contribution in [3.63, 3.8) is 0 Å². The number of aromatic nitrogens is 2. The van der Waals surface area contributed by atoms with Crippen molar-refractivity contribution in [2.24, 2.45) is 0 Å². The lowest BCUT2D eigenvalue weighted by Crippen LogP contribution is -2.46. The van der Waals surface area contributed by atoms with Crippen LogP contribution >= 0.6 is 0 Å². The molecule has 1 saturated heterocycles. The maximum Gasteiger partial charge on any atom is 0.271 e. The van der Waals surface area contributed by atoms with E-state index in [0.717, 1.165) is 12.8 Å². The lowest BCUT2D eigenvalue weighted by Gasteiger charge is -2.33. The van der Waals surface area contributed by atoms with Crippen molar-refractivity contribution < 1.29 is 4.79 Å². The number of hydrogen-bond donors (Lipinski definition) is 1. The third-order valence-corrected chi connectivity index (χ3v) is 4.14. The van der Waals surface area contributed by atoms with Crippen LogP contribution in [0.1, 0.15) is 36.7 Å². The van der Waals surface area contributed by atoms with Gasteiger partial charge in [0.15, 0.2) is 0 Å². The van der Waals surface area contributed by atoms with Gasteiger partial charge in [-0.25, -0.2) is 4.98 Å². The zero-order valence-electron chi connectivity index (χ0n) is 13.5. The fourth-order valence-electron chi connectivity index (χ4n) is 2.68. The molecule has 0 radical (unpaired) electrons. The molecular formula is C16H27N5O. The highest BCUT2D eigenvalue weighted by molar-refractivity contribution is 5.91. The minimum Gasteiger partial charge on any atom is -0.351 e. The van der Waals surface area contributed by atoms with Crippen molar-refractivity contribution in [2.45, 2.75) is 26.2 Å². The Morgan fingerprint density at radius 2 is 1.91 bits per heavy atom. The number of carbonyl (C=O) groups is 1. The molecule has 0 saturated carbocycles. The Kier molecular flexibility index (Phi) is 7.25. The van der Waals surface area contributed by atoms with Crippen LogP contribution in [-0.2, 0) is 0 Å². The fourth-order valence-corrected chi connectivity index (χ4v) is 2.68. The van der Waals surface area contributed by atoms with Gasteiger partial charge in [-0.2, -0.15) is 0 Å². The zero-order valence-corrected chi connectivity index (χ0v) is 13.5. The second-order valence-electron chi connectivity index (χ2n) is 5.68. The Balaban J connectivity index is 1.49. The fraction of sp³-hybridized carbons (Fsp3) is 0.688. The molecule has 2 heterocycles. The summed E-state index contributed by atoms with van der Waals surface area (Å²) < 4.78 is 0. The highest BCUT2D eigenvalue weighted by atomic mass is 16.1. The van der Waals surface area contributed by atoms with E-state index in [-0.39, 0.29) is 5.91 Å². The first-order chi connectivity index (χ1) is 10.8. The van der Waals surface area contributed by atoms with Crippen molar-refractivity contribution in [1.82, 2.24) is 25.1 Å². The van der Waals surface area contributed by atoms with Crippen molar-refractivity contribution in [1.29, 1.82) is 0 Å². The summed E-state index contributed by atoms with van der Waals surface area (Å²) in [6.07, 6.45) is 7.96. The minimum atomic E-state index is -0.135. The maximum absolute atomic E-state index is 11.8. The summed E-state index contributed by atoms with van der Waals surface area (Å²) in [5.74, 6) is -0.135. The van der Waals surface area contributed by atoms with Crippen LogP contribution in [0, 0.1) is 0 Å². The molecule has 1 amide bonds. The van der Waals surface area contributed by atoms with Crippen LogP contribution in [0.15, 0.2) is 18.6 Å². The molecular weight excluding hydrogens is 278 g/mol. The van der Waals surface area contributed by atoms with E-state index in [4.69, 9.17) is 0 Å². The van der Waals surface area contributed by atoms with E-state index in [0.29, 0.717) is 12.2 Å². The molecule has 122 valence electrons. The Hall–Kier alpha value is -1.53. The van der Waals surface area contributed by atoms with Crippen molar-refractivity contribution in [2.75, 3.05) is 45.8 Å². The van der Waals surface area contributed by atoms with Gasteiger partial charge in [0.05, 0.1) is 6.20 Å². The van der Waals surface area contributed by atoms with E-state index in [1.54, 1.807) is 6.20 Å². The van der Waals surface area contributed by atoms with Crippen molar-refractivity contribution in [3.8, 4) is 0 Å². The second-order valence-corrected chi connectivity index (χ2v) is 5.68. The number of nitrogens with one attached hydrogen (secondary N) is 1. The van der Waals surface area contributed by atoms with Gasteiger partial charge >= 0.3 is 0 Å². The van der Waals surface area contributed by atoms with Crippen LogP contribution in [0.5, 0.6) is 0 Å². The molecule has 0 bridgehead atoms. The number of amides is 1. The molecule has 22 heavy (non-hydrogen) atoms. The molecule has 1 N–H and O–H groups in total. The van der Waals surface area contributed by atoms with Crippen LogP contribution in [0.25, 0.3) is 0 Å². The van der Waals surface area contributed by atoms with E-state index in [1.165, 1.54) is 58.1 Å². The van der Waals surface area contributed by atoms with Gasteiger partial charge in [-0.3, -0.25) is 9.78 Å². The van der Waals surface area contributed by atoms with E-state index < -0.39 is 0 Å². The Bertz CT molecular complexity index is 431. The predicted octanol–water partition coefficient (Wildman–Crippen LogP) is 1.01. The normalized spacial score (nSPS) is 16.6. The lowest BCUT2D eigenvalue weighted by molar-refractivity contribution is 0.0947. The SMILES string of the molecule is CCN1CCN(CCCCCNC(=O)c2cnccn2)CC1. The number of rotatable bonds is 8. The predicted molar refractivity (Wildman–Crippen MR) is 86.8 cm³/mol. The van der Waals surface area contributed by atoms with Gasteiger partial charge in [-0.05, 0) is 25.9 Å². The van der Waals surface area contributed by atoms with Gasteiger partial charge in [0.25, 0.3) is 5.91 Å². The molecule has 0 unspecified atom stereocenters. The average Bonchev–Trinajstić information content (AvgIpc) is 2.59. The average molecular weight is 305 g/mol. The summed E-state index contributed by atoms with van der Waals surface area (Å²) >= 11 is 0. The molecule has 1 aromatic heterocycles. The monoisotopic (exact) mass is 305 g/mol. The molecule has 0 aromatic carbocycles. The summed E-state index contributed by atoms with van der Waals surface area (Å²) in [7, 11) is 0. The number of hydrogen-bond acceptors (Lipinski definition) is 5. The summed E-state index contributed by atoms with van der Waals surface area (Å²) in [5, 5.41) is 2.89. The van der Waals surface area contributed by atoms with Crippen molar-refractivity contribution >= 4 is 5.91 Å². The van der Waals surface area contributed by atoms with Gasteiger partial charge in [0.2, 0.25) is 0 Å². The van der Waals surface area contributed by atoms with Gasteiger partial charge < -0.3 is 15.1 Å². The number of piperazine rings is 1. The summed E-state index contributed by atoms with van der Waals surface area (Å²) in [6.45, 7) is 10.1. The molecule has 1 fully saturated rings. The molecule has 6 heteroatoms. The van der Waals surface area contributed by atoms with E-state index in [9.17, 15) is 4.79 Å². The second kappa shape index (κ2) is 9.48. The quantitative estimate of drug-likeness (QED) is 0.727. The summed E-state index contributed by atoms with van der Waals surface area (Å²) in [5.41, 5.74) is 0.385. The van der Waals surface area contributed by atoms with E-state index >= 15 is 0 Å². The maximum atomic E-state index is 11.8. The molecule has 6 nitrogen and oxygen atoms in total. The molecule has 0 atom stereocenters. The highest BCUT2D eigenvalue weighted by Gasteiger charge is 2.14. The number of carbonyl (C=O) groups excluding carboxylic acids is 1. The number of nitrogens with zero attached hydrogens (tertiary/aromatic N) is 4. The summed E-state index contributed by atoms with van der Waals surface area (Å²) in [6, 6.07) is 0. The van der Waals surface area contributed by atoms with Crippen molar-refractivity contribution in [3.05, 3.63) is 24.3 Å². The third-order valence-electron chi connectivity index (χ3n) is 4.14. The number of unbranched alkanes of at least 4 members (excludes halogenated alkanes) is 2. The Morgan fingerprint density at radius 1 is 1.14 bits per heavy atom. The van der Waals surface area contributed by atoms with Crippen LogP contribution in [0.4, 0.5) is 0 Å². The van der Waals surface area contributed by atoms with Crippen LogP contribution in [-0.4, -0.2) is 71.5 Å². The van der Waals surface area contributed by atoms with Crippen LogP contribution in [0.2, 0.25) is 0 Å². The minimum absolute atomic E-state index is 0.135.